The molecule has 0 atom stereocenters. The average Bonchev–Trinajstić information content (AvgIpc) is 3.10. The number of piperidine rings is 1. The summed E-state index contributed by atoms with van der Waals surface area (Å²) in [5, 5.41) is 4.20. The summed E-state index contributed by atoms with van der Waals surface area (Å²) in [6.45, 7) is 8.00. The van der Waals surface area contributed by atoms with Gasteiger partial charge in [-0.15, -0.1) is 17.9 Å². The Morgan fingerprint density at radius 3 is 2.76 bits per heavy atom. The molecule has 0 spiro atoms. The molecular formula is C23H26N4OS. The first-order chi connectivity index (χ1) is 14.2. The van der Waals surface area contributed by atoms with Gasteiger partial charge >= 0.3 is 0 Å². The third-order valence-electron chi connectivity index (χ3n) is 5.60. The van der Waals surface area contributed by atoms with Gasteiger partial charge in [0.25, 0.3) is 5.91 Å². The molecule has 1 aliphatic rings. The van der Waals surface area contributed by atoms with E-state index in [0.29, 0.717) is 12.5 Å². The van der Waals surface area contributed by atoms with Gasteiger partial charge in [-0.3, -0.25) is 4.79 Å². The second-order valence-corrected chi connectivity index (χ2v) is 8.55. The van der Waals surface area contributed by atoms with Crippen LogP contribution < -0.4 is 5.32 Å². The van der Waals surface area contributed by atoms with E-state index in [-0.39, 0.29) is 5.91 Å². The lowest BCUT2D eigenvalue weighted by molar-refractivity contribution is 0.0695. The number of hydrogen-bond donors (Lipinski definition) is 1. The van der Waals surface area contributed by atoms with Crippen molar-refractivity contribution in [3.8, 4) is 0 Å². The van der Waals surface area contributed by atoms with E-state index in [2.05, 4.69) is 52.2 Å². The Labute approximate surface area is 175 Å². The zero-order chi connectivity index (χ0) is 20.2. The van der Waals surface area contributed by atoms with Crippen molar-refractivity contribution < 1.29 is 4.79 Å². The van der Waals surface area contributed by atoms with Crippen molar-refractivity contribution in [2.45, 2.75) is 26.2 Å². The van der Waals surface area contributed by atoms with Crippen molar-refractivity contribution in [3.05, 3.63) is 65.3 Å². The summed E-state index contributed by atoms with van der Waals surface area (Å²) in [5.74, 6) is 1.54. The third kappa shape index (κ3) is 4.17. The van der Waals surface area contributed by atoms with Crippen LogP contribution in [0.2, 0.25) is 0 Å². The molecule has 0 radical (unpaired) electrons. The smallest absolute Gasteiger partial charge is 0.264 e. The fourth-order valence-electron chi connectivity index (χ4n) is 4.01. The predicted octanol–water partition coefficient (Wildman–Crippen LogP) is 4.69. The molecule has 3 heterocycles. The molecule has 29 heavy (non-hydrogen) atoms. The number of aryl methyl sites for hydroxylation is 1. The molecule has 150 valence electrons. The second-order valence-electron chi connectivity index (χ2n) is 7.55. The van der Waals surface area contributed by atoms with Crippen LogP contribution >= 0.6 is 11.3 Å². The average molecular weight is 407 g/mol. The van der Waals surface area contributed by atoms with E-state index in [4.69, 9.17) is 0 Å². The van der Waals surface area contributed by atoms with Crippen LogP contribution in [0.3, 0.4) is 0 Å². The molecule has 1 amide bonds. The van der Waals surface area contributed by atoms with E-state index in [9.17, 15) is 4.79 Å². The Balaban J connectivity index is 1.47. The molecule has 1 aromatic carbocycles. The van der Waals surface area contributed by atoms with Crippen molar-refractivity contribution in [2.24, 2.45) is 5.92 Å². The van der Waals surface area contributed by atoms with Gasteiger partial charge in [-0.1, -0.05) is 36.4 Å². The molecule has 1 fully saturated rings. The predicted molar refractivity (Wildman–Crippen MR) is 120 cm³/mol. The molecule has 1 N–H and O–H groups in total. The minimum Gasteiger partial charge on any atom is -0.366 e. The number of carbonyl (C=O) groups is 1. The van der Waals surface area contributed by atoms with Gasteiger partial charge < -0.3 is 10.2 Å². The van der Waals surface area contributed by atoms with Crippen LogP contribution in [-0.4, -0.2) is 40.4 Å². The molecule has 1 aliphatic heterocycles. The Kier molecular flexibility index (Phi) is 5.90. The highest BCUT2D eigenvalue weighted by Crippen LogP contribution is 2.34. The molecule has 2 aromatic heterocycles. The molecular weight excluding hydrogens is 380 g/mol. The van der Waals surface area contributed by atoms with E-state index in [1.165, 1.54) is 16.9 Å². The van der Waals surface area contributed by atoms with Crippen molar-refractivity contribution in [1.29, 1.82) is 0 Å². The first kappa shape index (κ1) is 19.6. The van der Waals surface area contributed by atoms with Gasteiger partial charge in [0.05, 0.1) is 10.3 Å². The summed E-state index contributed by atoms with van der Waals surface area (Å²) in [5.41, 5.74) is 2.35. The van der Waals surface area contributed by atoms with E-state index in [1.54, 1.807) is 12.4 Å². The van der Waals surface area contributed by atoms with E-state index in [0.717, 1.165) is 58.8 Å². The largest absolute Gasteiger partial charge is 0.366 e. The lowest BCUT2D eigenvalue weighted by Crippen LogP contribution is -2.38. The summed E-state index contributed by atoms with van der Waals surface area (Å²) < 4.78 is 0. The minimum absolute atomic E-state index is 0.123. The number of likely N-dealkylation sites (tertiary alicyclic amines) is 1. The number of fused-ring (bicyclic) bond motifs is 1. The summed E-state index contributed by atoms with van der Waals surface area (Å²) in [6, 6.07) is 10.6. The number of hydrogen-bond acceptors (Lipinski definition) is 5. The van der Waals surface area contributed by atoms with E-state index >= 15 is 0 Å². The lowest BCUT2D eigenvalue weighted by Gasteiger charge is -2.32. The summed E-state index contributed by atoms with van der Waals surface area (Å²) in [4.78, 5) is 25.6. The normalized spacial score (nSPS) is 14.9. The van der Waals surface area contributed by atoms with Gasteiger partial charge in [-0.25, -0.2) is 9.97 Å². The molecule has 0 bridgehead atoms. The number of carbonyl (C=O) groups excluding carboxylic acids is 1. The Morgan fingerprint density at radius 2 is 2.03 bits per heavy atom. The van der Waals surface area contributed by atoms with Crippen molar-refractivity contribution in [2.75, 3.05) is 25.0 Å². The second kappa shape index (κ2) is 8.74. The number of nitrogens with one attached hydrogen (secondary N) is 1. The van der Waals surface area contributed by atoms with Crippen LogP contribution in [0.25, 0.3) is 10.2 Å². The topological polar surface area (TPSA) is 58.1 Å². The van der Waals surface area contributed by atoms with Gasteiger partial charge in [0.15, 0.2) is 0 Å². The number of benzene rings is 1. The van der Waals surface area contributed by atoms with Crippen LogP contribution in [0, 0.1) is 12.8 Å². The number of thiophene rings is 1. The van der Waals surface area contributed by atoms with Gasteiger partial charge in [0.1, 0.15) is 17.0 Å². The molecule has 6 heteroatoms. The molecule has 0 aliphatic carbocycles. The van der Waals surface area contributed by atoms with E-state index in [1.807, 2.05) is 11.8 Å². The third-order valence-corrected chi connectivity index (χ3v) is 6.79. The zero-order valence-corrected chi connectivity index (χ0v) is 17.5. The maximum atomic E-state index is 13.2. The molecule has 0 unspecified atom stereocenters. The standard InChI is InChI=1S/C23H26N4OS/c1-3-11-24-21-19-16(2)20(29-22(19)26-15-25-21)23(28)27-12-9-18(10-13-27)14-17-7-5-4-6-8-17/h3-8,15,18H,1,9-14H2,2H3,(H,24,25,26). The van der Waals surface area contributed by atoms with Gasteiger partial charge in [0.2, 0.25) is 0 Å². The lowest BCUT2D eigenvalue weighted by atomic mass is 9.90. The van der Waals surface area contributed by atoms with Crippen LogP contribution in [0.15, 0.2) is 49.3 Å². The summed E-state index contributed by atoms with van der Waals surface area (Å²) in [7, 11) is 0. The maximum absolute atomic E-state index is 13.2. The van der Waals surface area contributed by atoms with Crippen LogP contribution in [0.4, 0.5) is 5.82 Å². The minimum atomic E-state index is 0.123. The quantitative estimate of drug-likeness (QED) is 0.603. The van der Waals surface area contributed by atoms with Crippen LogP contribution in [-0.2, 0) is 6.42 Å². The summed E-state index contributed by atoms with van der Waals surface area (Å²) >= 11 is 1.47. The highest BCUT2D eigenvalue weighted by Gasteiger charge is 2.27. The zero-order valence-electron chi connectivity index (χ0n) is 16.7. The fraction of sp³-hybridized carbons (Fsp3) is 0.348. The summed E-state index contributed by atoms with van der Waals surface area (Å²) in [6.07, 6.45) is 6.54. The van der Waals surface area contributed by atoms with Gasteiger partial charge in [0, 0.05) is 19.6 Å². The number of rotatable bonds is 6. The van der Waals surface area contributed by atoms with Crippen LogP contribution in [0.5, 0.6) is 0 Å². The van der Waals surface area contributed by atoms with Crippen molar-refractivity contribution in [3.63, 3.8) is 0 Å². The Morgan fingerprint density at radius 1 is 1.28 bits per heavy atom. The number of amides is 1. The van der Waals surface area contributed by atoms with Gasteiger partial charge in [-0.05, 0) is 43.2 Å². The Hall–Kier alpha value is -2.73. The van der Waals surface area contributed by atoms with Crippen molar-refractivity contribution >= 4 is 33.3 Å². The number of nitrogens with zero attached hydrogens (tertiary/aromatic N) is 3. The SMILES string of the molecule is C=CCNc1ncnc2sc(C(=O)N3CCC(Cc4ccccc4)CC3)c(C)c12. The fourth-order valence-corrected chi connectivity index (χ4v) is 5.13. The molecule has 3 aromatic rings. The molecule has 5 nitrogen and oxygen atoms in total. The molecule has 0 saturated carbocycles. The highest BCUT2D eigenvalue weighted by molar-refractivity contribution is 7.20. The monoisotopic (exact) mass is 406 g/mol. The van der Waals surface area contributed by atoms with Gasteiger partial charge in [-0.2, -0.15) is 0 Å². The number of anilines is 1. The number of aromatic nitrogens is 2. The molecule has 1 saturated heterocycles. The molecule has 4 rings (SSSR count). The first-order valence-electron chi connectivity index (χ1n) is 10.1. The van der Waals surface area contributed by atoms with Crippen LogP contribution in [0.1, 0.15) is 33.6 Å². The maximum Gasteiger partial charge on any atom is 0.264 e. The van der Waals surface area contributed by atoms with E-state index < -0.39 is 0 Å². The highest BCUT2D eigenvalue weighted by atomic mass is 32.1. The first-order valence-corrected chi connectivity index (χ1v) is 10.9. The Bertz CT molecular complexity index is 1010. The van der Waals surface area contributed by atoms with Crippen molar-refractivity contribution in [1.82, 2.24) is 14.9 Å².